The summed E-state index contributed by atoms with van der Waals surface area (Å²) in [5.41, 5.74) is 6.56. The first-order valence-corrected chi connectivity index (χ1v) is 10.1. The molecule has 3 aliphatic heterocycles. The van der Waals surface area contributed by atoms with Crippen molar-refractivity contribution in [3.8, 4) is 6.07 Å². The van der Waals surface area contributed by atoms with Gasteiger partial charge in [-0.1, -0.05) is 24.3 Å². The van der Waals surface area contributed by atoms with Gasteiger partial charge in [0, 0.05) is 51.7 Å². The molecule has 0 aliphatic carbocycles. The zero-order valence-electron chi connectivity index (χ0n) is 15.9. The molecule has 1 saturated heterocycles. The Morgan fingerprint density at radius 2 is 1.93 bits per heavy atom. The highest BCUT2D eigenvalue weighted by molar-refractivity contribution is 5.80. The van der Waals surface area contributed by atoms with Crippen LogP contribution in [0.15, 0.2) is 42.5 Å². The SMILES string of the molecule is CN1CCN2c3c(cccc31)[C@@H]1CN(CCc3ccc(C#N)cc3)CC[C@@H]12. The molecule has 0 spiro atoms. The number of para-hydroxylation sites is 1. The summed E-state index contributed by atoms with van der Waals surface area (Å²) in [6.45, 7) is 5.74. The molecule has 27 heavy (non-hydrogen) atoms. The van der Waals surface area contributed by atoms with Crippen LogP contribution in [0.4, 0.5) is 11.4 Å². The average molecular weight is 358 g/mol. The maximum Gasteiger partial charge on any atom is 0.0991 e. The lowest BCUT2D eigenvalue weighted by Crippen LogP contribution is -2.49. The number of rotatable bonds is 3. The molecule has 0 unspecified atom stereocenters. The molecule has 3 heterocycles. The molecule has 2 aromatic rings. The number of hydrogen-bond donors (Lipinski definition) is 0. The normalized spacial score (nSPS) is 23.7. The summed E-state index contributed by atoms with van der Waals surface area (Å²) in [5, 5.41) is 8.95. The van der Waals surface area contributed by atoms with Crippen molar-refractivity contribution in [1.82, 2.24) is 4.90 Å². The zero-order chi connectivity index (χ0) is 18.4. The lowest BCUT2D eigenvalue weighted by molar-refractivity contribution is 0.195. The van der Waals surface area contributed by atoms with Gasteiger partial charge in [0.15, 0.2) is 0 Å². The van der Waals surface area contributed by atoms with Gasteiger partial charge in [-0.2, -0.15) is 5.26 Å². The van der Waals surface area contributed by atoms with Crippen LogP contribution in [0.1, 0.15) is 29.0 Å². The predicted octanol–water partition coefficient (Wildman–Crippen LogP) is 3.23. The van der Waals surface area contributed by atoms with Gasteiger partial charge in [-0.25, -0.2) is 0 Å². The van der Waals surface area contributed by atoms with Crippen molar-refractivity contribution >= 4 is 11.4 Å². The number of likely N-dealkylation sites (N-methyl/N-ethyl adjacent to an activating group) is 1. The van der Waals surface area contributed by atoms with E-state index in [1.54, 1.807) is 5.56 Å². The first kappa shape index (κ1) is 16.6. The molecule has 1 fully saturated rings. The van der Waals surface area contributed by atoms with E-state index in [0.717, 1.165) is 38.2 Å². The number of nitrogens with zero attached hydrogens (tertiary/aromatic N) is 4. The molecule has 0 saturated carbocycles. The summed E-state index contributed by atoms with van der Waals surface area (Å²) in [7, 11) is 2.22. The second-order valence-electron chi connectivity index (χ2n) is 8.15. The van der Waals surface area contributed by atoms with Crippen LogP contribution in [0, 0.1) is 11.3 Å². The van der Waals surface area contributed by atoms with Crippen molar-refractivity contribution in [2.24, 2.45) is 0 Å². The van der Waals surface area contributed by atoms with E-state index >= 15 is 0 Å². The van der Waals surface area contributed by atoms with E-state index in [9.17, 15) is 0 Å². The van der Waals surface area contributed by atoms with Gasteiger partial charge in [-0.3, -0.25) is 0 Å². The van der Waals surface area contributed by atoms with Gasteiger partial charge in [0.1, 0.15) is 0 Å². The van der Waals surface area contributed by atoms with Crippen LogP contribution < -0.4 is 9.80 Å². The molecule has 0 N–H and O–H groups in total. The van der Waals surface area contributed by atoms with Crippen molar-refractivity contribution in [3.63, 3.8) is 0 Å². The minimum atomic E-state index is 0.640. The van der Waals surface area contributed by atoms with E-state index < -0.39 is 0 Å². The zero-order valence-corrected chi connectivity index (χ0v) is 15.9. The van der Waals surface area contributed by atoms with Crippen molar-refractivity contribution < 1.29 is 0 Å². The summed E-state index contributed by atoms with van der Waals surface area (Å²) in [6, 6.07) is 17.8. The molecule has 5 rings (SSSR count). The van der Waals surface area contributed by atoms with E-state index in [1.807, 2.05) is 12.1 Å². The second-order valence-corrected chi connectivity index (χ2v) is 8.15. The highest BCUT2D eigenvalue weighted by atomic mass is 15.3. The first-order chi connectivity index (χ1) is 13.2. The van der Waals surface area contributed by atoms with Crippen LogP contribution in [-0.4, -0.2) is 50.7 Å². The molecule has 0 radical (unpaired) electrons. The van der Waals surface area contributed by atoms with Crippen LogP contribution in [-0.2, 0) is 6.42 Å². The van der Waals surface area contributed by atoms with Gasteiger partial charge < -0.3 is 14.7 Å². The number of hydrogen-bond acceptors (Lipinski definition) is 4. The van der Waals surface area contributed by atoms with E-state index in [1.165, 1.54) is 29.9 Å². The highest BCUT2D eigenvalue weighted by Crippen LogP contribution is 2.50. The second kappa shape index (κ2) is 6.58. The molecule has 2 atom stereocenters. The van der Waals surface area contributed by atoms with Crippen LogP contribution >= 0.6 is 0 Å². The van der Waals surface area contributed by atoms with Crippen molar-refractivity contribution in [2.75, 3.05) is 49.6 Å². The molecule has 4 heteroatoms. The molecule has 138 valence electrons. The maximum atomic E-state index is 8.95. The molecular formula is C23H26N4. The number of fused-ring (bicyclic) bond motifs is 3. The van der Waals surface area contributed by atoms with Crippen molar-refractivity contribution in [1.29, 1.82) is 5.26 Å². The van der Waals surface area contributed by atoms with Crippen LogP contribution in [0.3, 0.4) is 0 Å². The van der Waals surface area contributed by atoms with Gasteiger partial charge >= 0.3 is 0 Å². The van der Waals surface area contributed by atoms with Gasteiger partial charge in [0.2, 0.25) is 0 Å². The third kappa shape index (κ3) is 2.78. The van der Waals surface area contributed by atoms with Gasteiger partial charge in [-0.15, -0.1) is 0 Å². The largest absolute Gasteiger partial charge is 0.371 e. The van der Waals surface area contributed by atoms with Gasteiger partial charge in [-0.05, 0) is 42.2 Å². The summed E-state index contributed by atoms with van der Waals surface area (Å²) >= 11 is 0. The fourth-order valence-electron chi connectivity index (χ4n) is 5.21. The van der Waals surface area contributed by atoms with E-state index in [4.69, 9.17) is 5.26 Å². The Morgan fingerprint density at radius 3 is 2.74 bits per heavy atom. The molecule has 4 nitrogen and oxygen atoms in total. The minimum absolute atomic E-state index is 0.640. The highest BCUT2D eigenvalue weighted by Gasteiger charge is 2.44. The number of benzene rings is 2. The predicted molar refractivity (Wildman–Crippen MR) is 110 cm³/mol. The molecule has 0 amide bonds. The lowest BCUT2D eigenvalue weighted by atomic mass is 9.89. The van der Waals surface area contributed by atoms with Crippen molar-refractivity contribution in [2.45, 2.75) is 24.8 Å². The standard InChI is InChI=1S/C23H26N4/c1-25-13-14-27-21-10-12-26(11-9-17-5-7-18(15-24)8-6-17)16-20(21)19-3-2-4-22(25)23(19)27/h2-8,20-21H,9-14,16H2,1H3/t20-,21-/m0/s1. The van der Waals surface area contributed by atoms with Crippen LogP contribution in [0.2, 0.25) is 0 Å². The van der Waals surface area contributed by atoms with Gasteiger partial charge in [0.05, 0.1) is 23.0 Å². The Bertz CT molecular complexity index is 882. The minimum Gasteiger partial charge on any atom is -0.371 e. The summed E-state index contributed by atoms with van der Waals surface area (Å²) in [5.74, 6) is 0.640. The molecular weight excluding hydrogens is 332 g/mol. The summed E-state index contributed by atoms with van der Waals surface area (Å²) in [6.07, 6.45) is 2.32. The summed E-state index contributed by atoms with van der Waals surface area (Å²) < 4.78 is 0. The van der Waals surface area contributed by atoms with E-state index in [0.29, 0.717) is 12.0 Å². The molecule has 3 aliphatic rings. The fraction of sp³-hybridized carbons (Fsp3) is 0.435. The molecule has 0 bridgehead atoms. The Morgan fingerprint density at radius 1 is 1.07 bits per heavy atom. The first-order valence-electron chi connectivity index (χ1n) is 10.1. The van der Waals surface area contributed by atoms with E-state index in [-0.39, 0.29) is 0 Å². The lowest BCUT2D eigenvalue weighted by Gasteiger charge is -2.41. The van der Waals surface area contributed by atoms with Crippen molar-refractivity contribution in [3.05, 3.63) is 59.2 Å². The quantitative estimate of drug-likeness (QED) is 0.844. The molecule has 0 aromatic heterocycles. The summed E-state index contributed by atoms with van der Waals surface area (Å²) in [4.78, 5) is 7.75. The third-order valence-electron chi connectivity index (χ3n) is 6.68. The van der Waals surface area contributed by atoms with E-state index in [2.05, 4.69) is 58.1 Å². The smallest absolute Gasteiger partial charge is 0.0991 e. The average Bonchev–Trinajstić information content (AvgIpc) is 3.04. The Hall–Kier alpha value is -2.51. The van der Waals surface area contributed by atoms with Gasteiger partial charge in [0.25, 0.3) is 0 Å². The number of anilines is 2. The monoisotopic (exact) mass is 358 g/mol. The maximum absolute atomic E-state index is 8.95. The number of piperidine rings is 1. The molecule has 2 aromatic carbocycles. The van der Waals surface area contributed by atoms with Crippen LogP contribution in [0.25, 0.3) is 0 Å². The number of nitriles is 1. The fourth-order valence-corrected chi connectivity index (χ4v) is 5.21. The van der Waals surface area contributed by atoms with Crippen LogP contribution in [0.5, 0.6) is 0 Å². The number of likely N-dealkylation sites (tertiary alicyclic amines) is 1. The topological polar surface area (TPSA) is 33.5 Å². The Labute approximate surface area is 161 Å². The Balaban J connectivity index is 1.31. The third-order valence-corrected chi connectivity index (χ3v) is 6.68. The Kier molecular flexibility index (Phi) is 4.06.